The largest absolute Gasteiger partial charge is 0.497 e. The minimum absolute atomic E-state index is 0.0148. The number of amides is 1. The van der Waals surface area contributed by atoms with E-state index in [0.29, 0.717) is 17.1 Å². The first-order valence-corrected chi connectivity index (χ1v) is 7.78. The molecule has 0 bridgehead atoms. The number of carbonyl (C=O) groups is 2. The van der Waals surface area contributed by atoms with E-state index in [0.717, 1.165) is 5.56 Å². The van der Waals surface area contributed by atoms with Crippen molar-refractivity contribution in [1.82, 2.24) is 5.32 Å². The number of aromatic carboxylic acids is 1. The van der Waals surface area contributed by atoms with E-state index < -0.39 is 5.97 Å². The summed E-state index contributed by atoms with van der Waals surface area (Å²) in [5, 5.41) is 12.1. The van der Waals surface area contributed by atoms with E-state index in [2.05, 4.69) is 5.32 Å². The van der Waals surface area contributed by atoms with Crippen LogP contribution in [0.25, 0.3) is 0 Å². The minimum atomic E-state index is -1.05. The Hall–Kier alpha value is -3.02. The molecule has 6 heteroatoms. The lowest BCUT2D eigenvalue weighted by molar-refractivity contribution is -0.121. The van der Waals surface area contributed by atoms with E-state index in [1.807, 2.05) is 6.92 Å². The molecule has 132 valence electrons. The Morgan fingerprint density at radius 2 is 1.84 bits per heavy atom. The molecule has 0 saturated carbocycles. The van der Waals surface area contributed by atoms with Crippen molar-refractivity contribution in [3.8, 4) is 11.5 Å². The number of ether oxygens (including phenoxy) is 2. The Morgan fingerprint density at radius 1 is 1.12 bits per heavy atom. The predicted octanol–water partition coefficient (Wildman–Crippen LogP) is 2.82. The third-order valence-corrected chi connectivity index (χ3v) is 3.88. The highest BCUT2D eigenvalue weighted by Crippen LogP contribution is 2.29. The molecule has 0 spiro atoms. The van der Waals surface area contributed by atoms with E-state index in [-0.39, 0.29) is 23.9 Å². The van der Waals surface area contributed by atoms with E-state index >= 15 is 0 Å². The molecule has 1 amide bonds. The van der Waals surface area contributed by atoms with Gasteiger partial charge in [0.2, 0.25) is 5.91 Å². The predicted molar refractivity (Wildman–Crippen MR) is 93.2 cm³/mol. The smallest absolute Gasteiger partial charge is 0.335 e. The van der Waals surface area contributed by atoms with Crippen LogP contribution in [0.1, 0.15) is 34.5 Å². The molecule has 2 aromatic carbocycles. The first-order chi connectivity index (χ1) is 12.0. The van der Waals surface area contributed by atoms with Crippen LogP contribution >= 0.6 is 0 Å². The SMILES string of the molecule is COc1ccc(OC)c(C(C)NC(=O)Cc2ccccc2C(=O)O)c1. The summed E-state index contributed by atoms with van der Waals surface area (Å²) in [6.07, 6.45) is -0.0148. The third-order valence-electron chi connectivity index (χ3n) is 3.88. The van der Waals surface area contributed by atoms with Crippen LogP contribution in [-0.2, 0) is 11.2 Å². The normalized spacial score (nSPS) is 11.5. The van der Waals surface area contributed by atoms with Crippen molar-refractivity contribution in [2.24, 2.45) is 0 Å². The summed E-state index contributed by atoms with van der Waals surface area (Å²) in [6.45, 7) is 1.83. The zero-order chi connectivity index (χ0) is 18.4. The van der Waals surface area contributed by atoms with E-state index in [9.17, 15) is 14.7 Å². The molecule has 0 radical (unpaired) electrons. The lowest BCUT2D eigenvalue weighted by Gasteiger charge is -2.18. The Kier molecular flexibility index (Phi) is 6.00. The van der Waals surface area contributed by atoms with Crippen molar-refractivity contribution in [3.05, 3.63) is 59.2 Å². The highest BCUT2D eigenvalue weighted by atomic mass is 16.5. The molecular formula is C19H21NO5. The Labute approximate surface area is 146 Å². The van der Waals surface area contributed by atoms with Gasteiger partial charge in [0.25, 0.3) is 0 Å². The monoisotopic (exact) mass is 343 g/mol. The van der Waals surface area contributed by atoms with Gasteiger partial charge in [-0.3, -0.25) is 4.79 Å². The van der Waals surface area contributed by atoms with Crippen LogP contribution in [0.15, 0.2) is 42.5 Å². The van der Waals surface area contributed by atoms with Gasteiger partial charge in [0, 0.05) is 5.56 Å². The number of hydrogen-bond acceptors (Lipinski definition) is 4. The Bertz CT molecular complexity index is 772. The van der Waals surface area contributed by atoms with Crippen LogP contribution < -0.4 is 14.8 Å². The molecule has 0 aromatic heterocycles. The van der Waals surface area contributed by atoms with Crippen LogP contribution in [0.2, 0.25) is 0 Å². The van der Waals surface area contributed by atoms with Gasteiger partial charge in [-0.05, 0) is 36.8 Å². The van der Waals surface area contributed by atoms with E-state index in [1.165, 1.54) is 6.07 Å². The third kappa shape index (κ3) is 4.50. The molecular weight excluding hydrogens is 322 g/mol. The molecule has 25 heavy (non-hydrogen) atoms. The van der Waals surface area contributed by atoms with Crippen molar-refractivity contribution in [2.75, 3.05) is 14.2 Å². The van der Waals surface area contributed by atoms with Crippen molar-refractivity contribution in [1.29, 1.82) is 0 Å². The van der Waals surface area contributed by atoms with Crippen LogP contribution in [0.5, 0.6) is 11.5 Å². The number of hydrogen-bond donors (Lipinski definition) is 2. The molecule has 1 atom stereocenters. The first-order valence-electron chi connectivity index (χ1n) is 7.78. The van der Waals surface area contributed by atoms with Gasteiger partial charge < -0.3 is 19.9 Å². The molecule has 0 heterocycles. The van der Waals surface area contributed by atoms with E-state index in [4.69, 9.17) is 9.47 Å². The van der Waals surface area contributed by atoms with Gasteiger partial charge in [0.1, 0.15) is 11.5 Å². The highest BCUT2D eigenvalue weighted by Gasteiger charge is 2.17. The topological polar surface area (TPSA) is 84.9 Å². The Balaban J connectivity index is 2.15. The zero-order valence-corrected chi connectivity index (χ0v) is 14.4. The maximum Gasteiger partial charge on any atom is 0.335 e. The van der Waals surface area contributed by atoms with Crippen LogP contribution in [0.4, 0.5) is 0 Å². The molecule has 0 aliphatic heterocycles. The first kappa shape index (κ1) is 18.3. The van der Waals surface area contributed by atoms with Gasteiger partial charge in [-0.25, -0.2) is 4.79 Å². The van der Waals surface area contributed by atoms with Crippen LogP contribution in [0.3, 0.4) is 0 Å². The molecule has 0 saturated heterocycles. The summed E-state index contributed by atoms with van der Waals surface area (Å²) < 4.78 is 10.5. The fraction of sp³-hybridized carbons (Fsp3) is 0.263. The second kappa shape index (κ2) is 8.19. The summed E-state index contributed by atoms with van der Waals surface area (Å²) in [5.41, 5.74) is 1.38. The highest BCUT2D eigenvalue weighted by molar-refractivity contribution is 5.91. The van der Waals surface area contributed by atoms with Crippen molar-refractivity contribution >= 4 is 11.9 Å². The molecule has 6 nitrogen and oxygen atoms in total. The molecule has 1 unspecified atom stereocenters. The molecule has 2 N–H and O–H groups in total. The van der Waals surface area contributed by atoms with Gasteiger partial charge in [-0.2, -0.15) is 0 Å². The number of carbonyl (C=O) groups excluding carboxylic acids is 1. The van der Waals surface area contributed by atoms with Crippen molar-refractivity contribution in [3.63, 3.8) is 0 Å². The fourth-order valence-corrected chi connectivity index (χ4v) is 2.60. The number of nitrogens with one attached hydrogen (secondary N) is 1. The van der Waals surface area contributed by atoms with Gasteiger partial charge in [0.15, 0.2) is 0 Å². The minimum Gasteiger partial charge on any atom is -0.497 e. The summed E-state index contributed by atoms with van der Waals surface area (Å²) in [7, 11) is 3.13. The summed E-state index contributed by atoms with van der Waals surface area (Å²) >= 11 is 0. The van der Waals surface area contributed by atoms with Gasteiger partial charge in [-0.15, -0.1) is 0 Å². The standard InChI is InChI=1S/C19H21NO5/c1-12(16-11-14(24-2)8-9-17(16)25-3)20-18(21)10-13-6-4-5-7-15(13)19(22)23/h4-9,11-12H,10H2,1-3H3,(H,20,21)(H,22,23). The summed E-state index contributed by atoms with van der Waals surface area (Å²) in [5.74, 6) is -0.0235. The van der Waals surface area contributed by atoms with Gasteiger partial charge >= 0.3 is 5.97 Å². The van der Waals surface area contributed by atoms with Gasteiger partial charge in [0.05, 0.1) is 32.2 Å². The quantitative estimate of drug-likeness (QED) is 0.807. The van der Waals surface area contributed by atoms with Gasteiger partial charge in [-0.1, -0.05) is 18.2 Å². The maximum atomic E-state index is 12.3. The second-order valence-electron chi connectivity index (χ2n) is 5.54. The number of carboxylic acid groups (broad SMARTS) is 1. The molecule has 2 rings (SSSR count). The summed E-state index contributed by atoms with van der Waals surface area (Å²) in [6, 6.07) is 11.5. The number of carboxylic acids is 1. The molecule has 0 aliphatic rings. The summed E-state index contributed by atoms with van der Waals surface area (Å²) in [4.78, 5) is 23.6. The zero-order valence-electron chi connectivity index (χ0n) is 14.4. The van der Waals surface area contributed by atoms with Crippen LogP contribution in [-0.4, -0.2) is 31.2 Å². The maximum absolute atomic E-state index is 12.3. The molecule has 0 aliphatic carbocycles. The average Bonchev–Trinajstić information content (AvgIpc) is 2.61. The number of methoxy groups -OCH3 is 2. The second-order valence-corrected chi connectivity index (χ2v) is 5.54. The molecule has 0 fully saturated rings. The average molecular weight is 343 g/mol. The fourth-order valence-electron chi connectivity index (χ4n) is 2.60. The van der Waals surface area contributed by atoms with Crippen LogP contribution in [0, 0.1) is 0 Å². The number of rotatable bonds is 7. The lowest BCUT2D eigenvalue weighted by Crippen LogP contribution is -2.29. The van der Waals surface area contributed by atoms with E-state index in [1.54, 1.807) is 50.6 Å². The Morgan fingerprint density at radius 3 is 2.48 bits per heavy atom. The number of benzene rings is 2. The molecule has 2 aromatic rings. The van der Waals surface area contributed by atoms with Crippen molar-refractivity contribution < 1.29 is 24.2 Å². The van der Waals surface area contributed by atoms with Crippen molar-refractivity contribution in [2.45, 2.75) is 19.4 Å². The lowest BCUT2D eigenvalue weighted by atomic mass is 10.0.